The van der Waals surface area contributed by atoms with E-state index in [4.69, 9.17) is 14.6 Å². The van der Waals surface area contributed by atoms with Gasteiger partial charge in [0.05, 0.1) is 19.3 Å². The normalized spacial score (nSPS) is 12.6. The van der Waals surface area contributed by atoms with E-state index in [2.05, 4.69) is 34.3 Å². The van der Waals surface area contributed by atoms with Crippen molar-refractivity contribution in [1.82, 2.24) is 10.6 Å². The van der Waals surface area contributed by atoms with Gasteiger partial charge in [-0.25, -0.2) is 9.59 Å². The van der Waals surface area contributed by atoms with Gasteiger partial charge in [-0.3, -0.25) is 4.79 Å². The van der Waals surface area contributed by atoms with E-state index < -0.39 is 35.2 Å². The van der Waals surface area contributed by atoms with Crippen LogP contribution in [0.3, 0.4) is 0 Å². The summed E-state index contributed by atoms with van der Waals surface area (Å²) in [7, 11) is 1.20. The molecule has 0 spiro atoms. The van der Waals surface area contributed by atoms with Gasteiger partial charge in [0.1, 0.15) is 11.6 Å². The quantitative estimate of drug-likeness (QED) is 0.447. The van der Waals surface area contributed by atoms with Gasteiger partial charge in [0.15, 0.2) is 0 Å². The Morgan fingerprint density at radius 1 is 1.06 bits per heavy atom. The van der Waals surface area contributed by atoms with Crippen LogP contribution in [0.5, 0.6) is 0 Å². The predicted molar refractivity (Wildman–Crippen MR) is 124 cm³/mol. The van der Waals surface area contributed by atoms with Gasteiger partial charge in [-0.2, -0.15) is 0 Å². The van der Waals surface area contributed by atoms with Crippen LogP contribution in [0.1, 0.15) is 57.5 Å². The van der Waals surface area contributed by atoms with E-state index in [1.807, 2.05) is 0 Å². The van der Waals surface area contributed by atoms with E-state index in [-0.39, 0.29) is 12.5 Å². The molecule has 1 aromatic rings. The van der Waals surface area contributed by atoms with Crippen molar-refractivity contribution in [2.45, 2.75) is 58.7 Å². The predicted octanol–water partition coefficient (Wildman–Crippen LogP) is 2.24. The number of carbonyl (C=O) groups is 3. The Morgan fingerprint density at radius 3 is 2.18 bits per heavy atom. The monoisotopic (exact) mass is 456 g/mol. The summed E-state index contributed by atoms with van der Waals surface area (Å²) in [5, 5.41) is 14.2. The molecule has 1 rings (SSSR count). The minimum absolute atomic E-state index is 0.0326. The first-order valence-electron chi connectivity index (χ1n) is 10.4. The number of methoxy groups -OCH3 is 1. The lowest BCUT2D eigenvalue weighted by molar-refractivity contribution is -0.144. The molecule has 0 fully saturated rings. The fourth-order valence-corrected chi connectivity index (χ4v) is 2.52. The Hall–Kier alpha value is -3.49. The van der Waals surface area contributed by atoms with Crippen molar-refractivity contribution in [2.75, 3.05) is 13.7 Å². The number of hydrogen-bond donors (Lipinski definition) is 3. The van der Waals surface area contributed by atoms with Crippen molar-refractivity contribution >= 4 is 18.0 Å². The highest BCUT2D eigenvalue weighted by molar-refractivity contribution is 5.97. The minimum Gasteiger partial charge on any atom is -0.467 e. The molecule has 0 saturated heterocycles. The number of ether oxygens (including phenoxy) is 2. The van der Waals surface area contributed by atoms with Crippen molar-refractivity contribution in [1.29, 1.82) is 0 Å². The van der Waals surface area contributed by atoms with Crippen molar-refractivity contribution in [3.8, 4) is 23.7 Å². The zero-order chi connectivity index (χ0) is 25.2. The van der Waals surface area contributed by atoms with Crippen molar-refractivity contribution in [2.24, 2.45) is 5.92 Å². The van der Waals surface area contributed by atoms with Crippen LogP contribution in [-0.2, 0) is 14.3 Å². The maximum Gasteiger partial charge on any atom is 0.408 e. The highest BCUT2D eigenvalue weighted by Gasteiger charge is 2.39. The van der Waals surface area contributed by atoms with Crippen LogP contribution in [0.2, 0.25) is 0 Å². The summed E-state index contributed by atoms with van der Waals surface area (Å²) in [6.45, 7) is 10.1. The molecule has 0 radical (unpaired) electrons. The second-order valence-electron chi connectivity index (χ2n) is 8.96. The topological polar surface area (TPSA) is 114 Å². The highest BCUT2D eigenvalue weighted by atomic mass is 16.6. The van der Waals surface area contributed by atoms with Crippen LogP contribution in [0.15, 0.2) is 24.3 Å². The van der Waals surface area contributed by atoms with E-state index in [9.17, 15) is 14.4 Å². The summed E-state index contributed by atoms with van der Waals surface area (Å²) in [4.78, 5) is 37.4. The van der Waals surface area contributed by atoms with Crippen LogP contribution in [-0.4, -0.2) is 54.0 Å². The summed E-state index contributed by atoms with van der Waals surface area (Å²) in [5.41, 5.74) is -0.991. The third-order valence-corrected chi connectivity index (χ3v) is 4.27. The number of hydrogen-bond acceptors (Lipinski definition) is 6. The van der Waals surface area contributed by atoms with Crippen molar-refractivity contribution in [3.63, 3.8) is 0 Å². The second-order valence-corrected chi connectivity index (χ2v) is 8.96. The molecule has 2 amide bonds. The van der Waals surface area contributed by atoms with E-state index in [1.165, 1.54) is 7.11 Å². The SMILES string of the molecule is COC(=O)[C@@H](NC(=O)c1ccc(C#CC#CC(C)CO)cc1)C(C)(C)NC(=O)OC(C)(C)C. The molecule has 8 heteroatoms. The Morgan fingerprint density at radius 2 is 1.67 bits per heavy atom. The number of benzene rings is 1. The second kappa shape index (κ2) is 11.9. The largest absolute Gasteiger partial charge is 0.467 e. The van der Waals surface area contributed by atoms with Crippen LogP contribution < -0.4 is 10.6 Å². The summed E-state index contributed by atoms with van der Waals surface area (Å²) in [6, 6.07) is 5.25. The van der Waals surface area contributed by atoms with E-state index >= 15 is 0 Å². The molecular formula is C25H32N2O6. The highest BCUT2D eigenvalue weighted by Crippen LogP contribution is 2.15. The van der Waals surface area contributed by atoms with Crippen LogP contribution in [0.25, 0.3) is 0 Å². The molecule has 8 nitrogen and oxygen atoms in total. The first-order valence-corrected chi connectivity index (χ1v) is 10.4. The number of aliphatic hydroxyl groups is 1. The zero-order valence-corrected chi connectivity index (χ0v) is 20.2. The van der Waals surface area contributed by atoms with Gasteiger partial charge < -0.3 is 25.2 Å². The fourth-order valence-electron chi connectivity index (χ4n) is 2.52. The van der Waals surface area contributed by atoms with Gasteiger partial charge in [0.25, 0.3) is 5.91 Å². The maximum atomic E-state index is 12.8. The lowest BCUT2D eigenvalue weighted by atomic mass is 9.94. The molecule has 33 heavy (non-hydrogen) atoms. The molecule has 3 N–H and O–H groups in total. The van der Waals surface area contributed by atoms with Gasteiger partial charge in [0.2, 0.25) is 0 Å². The molecule has 0 bridgehead atoms. The number of rotatable bonds is 6. The van der Waals surface area contributed by atoms with Crippen LogP contribution in [0, 0.1) is 29.6 Å². The first kappa shape index (κ1) is 27.5. The van der Waals surface area contributed by atoms with Crippen LogP contribution in [0.4, 0.5) is 4.79 Å². The van der Waals surface area contributed by atoms with Gasteiger partial charge in [0, 0.05) is 17.0 Å². The van der Waals surface area contributed by atoms with E-state index in [0.717, 1.165) is 0 Å². The molecular weight excluding hydrogens is 424 g/mol. The molecule has 0 heterocycles. The number of amides is 2. The number of aliphatic hydroxyl groups excluding tert-OH is 1. The standard InChI is InChI=1S/C25H32N2O6/c1-17(16-28)10-8-9-11-18-12-14-19(15-13-18)21(29)26-20(22(30)32-7)25(5,6)27-23(31)33-24(2,3)4/h12-15,17,20,28H,16H2,1-7H3,(H,26,29)(H,27,31)/t17?,20-/m1/s1. The molecule has 0 aromatic heterocycles. The molecule has 0 aliphatic heterocycles. The average molecular weight is 457 g/mol. The Bertz CT molecular complexity index is 969. The Labute approximate surface area is 195 Å². The van der Waals surface area contributed by atoms with Gasteiger partial charge >= 0.3 is 12.1 Å². The molecule has 0 aliphatic rings. The number of nitrogens with one attached hydrogen (secondary N) is 2. The summed E-state index contributed by atoms with van der Waals surface area (Å²) < 4.78 is 10.1. The molecule has 0 saturated carbocycles. The smallest absolute Gasteiger partial charge is 0.408 e. The molecule has 1 unspecified atom stereocenters. The summed E-state index contributed by atoms with van der Waals surface area (Å²) >= 11 is 0. The van der Waals surface area contributed by atoms with Crippen LogP contribution >= 0.6 is 0 Å². The summed E-state index contributed by atoms with van der Waals surface area (Å²) in [5.74, 6) is 9.60. The molecule has 0 aliphatic carbocycles. The minimum atomic E-state index is -1.21. The Kier molecular flexibility index (Phi) is 9.97. The van der Waals surface area contributed by atoms with Gasteiger partial charge in [-0.1, -0.05) is 11.8 Å². The van der Waals surface area contributed by atoms with Crippen molar-refractivity contribution < 1.29 is 29.0 Å². The molecule has 2 atom stereocenters. The Balaban J connectivity index is 2.96. The lowest BCUT2D eigenvalue weighted by Crippen LogP contribution is -2.62. The van der Waals surface area contributed by atoms with E-state index in [0.29, 0.717) is 11.1 Å². The summed E-state index contributed by atoms with van der Waals surface area (Å²) in [6.07, 6.45) is -0.727. The first-order chi connectivity index (χ1) is 15.3. The number of carbonyl (C=O) groups excluding carboxylic acids is 3. The molecule has 1 aromatic carbocycles. The number of alkyl carbamates (subject to hydrolysis) is 1. The average Bonchev–Trinajstić information content (AvgIpc) is 2.72. The fraction of sp³-hybridized carbons (Fsp3) is 0.480. The van der Waals surface area contributed by atoms with Gasteiger partial charge in [-0.05, 0) is 77.6 Å². The molecule has 178 valence electrons. The number of esters is 1. The van der Waals surface area contributed by atoms with Crippen molar-refractivity contribution in [3.05, 3.63) is 35.4 Å². The maximum absolute atomic E-state index is 12.8. The third kappa shape index (κ3) is 9.67. The zero-order valence-electron chi connectivity index (χ0n) is 20.2. The van der Waals surface area contributed by atoms with E-state index in [1.54, 1.807) is 65.8 Å². The third-order valence-electron chi connectivity index (χ3n) is 4.27. The van der Waals surface area contributed by atoms with Gasteiger partial charge in [-0.15, -0.1) is 0 Å². The lowest BCUT2D eigenvalue weighted by Gasteiger charge is -2.34.